The molecule has 0 saturated carbocycles. The van der Waals surface area contributed by atoms with E-state index >= 15 is 0 Å². The molecule has 0 unspecified atom stereocenters. The summed E-state index contributed by atoms with van der Waals surface area (Å²) in [6.45, 7) is 4.94. The average Bonchev–Trinajstić information content (AvgIpc) is 2.95. The molecule has 2 rings (SSSR count). The fourth-order valence-corrected chi connectivity index (χ4v) is 2.33. The Labute approximate surface area is 114 Å². The fourth-order valence-electron chi connectivity index (χ4n) is 1.57. The molecule has 0 aliphatic carbocycles. The van der Waals surface area contributed by atoms with Crippen LogP contribution in [0.25, 0.3) is 10.6 Å². The molecule has 0 spiro atoms. The molecule has 2 aromatic heterocycles. The van der Waals surface area contributed by atoms with Crippen molar-refractivity contribution in [2.75, 3.05) is 6.54 Å². The number of oxazole rings is 1. The minimum absolute atomic E-state index is 0.106. The van der Waals surface area contributed by atoms with Gasteiger partial charge in [-0.15, -0.1) is 0 Å². The number of hydrogen-bond donors (Lipinski definition) is 1. The lowest BCUT2D eigenvalue weighted by Crippen LogP contribution is -2.24. The number of thiophene rings is 1. The molecule has 0 aromatic carbocycles. The monoisotopic (exact) mass is 281 g/mol. The Hall–Kier alpha value is -1.73. The van der Waals surface area contributed by atoms with Crippen LogP contribution >= 0.6 is 11.3 Å². The third-order valence-electron chi connectivity index (χ3n) is 2.46. The van der Waals surface area contributed by atoms with Gasteiger partial charge >= 0.3 is 5.00 Å². The molecule has 0 saturated heterocycles. The van der Waals surface area contributed by atoms with Gasteiger partial charge in [0, 0.05) is 25.1 Å². The van der Waals surface area contributed by atoms with Crippen molar-refractivity contribution in [3.63, 3.8) is 0 Å². The largest absolute Gasteiger partial charge is 0.440 e. The maximum absolute atomic E-state index is 10.6. The quantitative estimate of drug-likeness (QED) is 0.650. The van der Waals surface area contributed by atoms with Crippen molar-refractivity contribution in [1.82, 2.24) is 10.3 Å². The molecule has 19 heavy (non-hydrogen) atoms. The molecule has 6 nitrogen and oxygen atoms in total. The lowest BCUT2D eigenvalue weighted by atomic mass is 10.3. The van der Waals surface area contributed by atoms with Crippen molar-refractivity contribution >= 4 is 16.3 Å². The second-order valence-corrected chi connectivity index (χ2v) is 5.43. The minimum atomic E-state index is -0.405. The van der Waals surface area contributed by atoms with Gasteiger partial charge in [0.05, 0.1) is 16.0 Å². The molecule has 102 valence electrons. The number of rotatable bonds is 6. The number of hydrogen-bond acceptors (Lipinski definition) is 6. The van der Waals surface area contributed by atoms with Gasteiger partial charge in [-0.1, -0.05) is 25.2 Å². The predicted octanol–water partition coefficient (Wildman–Crippen LogP) is 2.85. The number of nitro groups is 1. The second kappa shape index (κ2) is 5.94. The van der Waals surface area contributed by atoms with Crippen molar-refractivity contribution in [3.8, 4) is 10.6 Å². The Morgan fingerprint density at radius 2 is 2.32 bits per heavy atom. The van der Waals surface area contributed by atoms with Crippen LogP contribution in [-0.2, 0) is 6.42 Å². The zero-order valence-corrected chi connectivity index (χ0v) is 11.6. The highest BCUT2D eigenvalue weighted by molar-refractivity contribution is 7.18. The van der Waals surface area contributed by atoms with Crippen LogP contribution in [0.3, 0.4) is 0 Å². The van der Waals surface area contributed by atoms with Crippen LogP contribution in [-0.4, -0.2) is 22.5 Å². The Balaban J connectivity index is 2.01. The first kappa shape index (κ1) is 13.7. The van der Waals surface area contributed by atoms with Gasteiger partial charge in [0.1, 0.15) is 0 Å². The first-order valence-electron chi connectivity index (χ1n) is 5.99. The van der Waals surface area contributed by atoms with E-state index in [4.69, 9.17) is 4.42 Å². The molecule has 0 aliphatic rings. The molecule has 0 radical (unpaired) electrons. The van der Waals surface area contributed by atoms with E-state index in [0.717, 1.165) is 22.8 Å². The summed E-state index contributed by atoms with van der Waals surface area (Å²) < 4.78 is 5.58. The van der Waals surface area contributed by atoms with Gasteiger partial charge < -0.3 is 9.73 Å². The van der Waals surface area contributed by atoms with E-state index in [1.807, 2.05) is 0 Å². The Morgan fingerprint density at radius 3 is 2.95 bits per heavy atom. The lowest BCUT2D eigenvalue weighted by Gasteiger charge is -2.05. The summed E-state index contributed by atoms with van der Waals surface area (Å²) in [5.41, 5.74) is 0. The van der Waals surface area contributed by atoms with E-state index in [-0.39, 0.29) is 5.00 Å². The molecule has 1 N–H and O–H groups in total. The maximum Gasteiger partial charge on any atom is 0.324 e. The van der Waals surface area contributed by atoms with Crippen molar-refractivity contribution in [3.05, 3.63) is 34.3 Å². The second-order valence-electron chi connectivity index (χ2n) is 4.37. The van der Waals surface area contributed by atoms with Crippen LogP contribution in [0.1, 0.15) is 19.7 Å². The van der Waals surface area contributed by atoms with Gasteiger partial charge in [-0.25, -0.2) is 4.98 Å². The van der Waals surface area contributed by atoms with E-state index in [0.29, 0.717) is 24.1 Å². The molecule has 0 bridgehead atoms. The van der Waals surface area contributed by atoms with Gasteiger partial charge in [0.2, 0.25) is 0 Å². The van der Waals surface area contributed by atoms with E-state index < -0.39 is 4.92 Å². The van der Waals surface area contributed by atoms with Crippen LogP contribution in [0.2, 0.25) is 0 Å². The summed E-state index contributed by atoms with van der Waals surface area (Å²) in [7, 11) is 0. The normalized spacial score (nSPS) is 11.1. The number of nitrogens with one attached hydrogen (secondary N) is 1. The van der Waals surface area contributed by atoms with Crippen molar-refractivity contribution in [2.24, 2.45) is 0 Å². The van der Waals surface area contributed by atoms with Gasteiger partial charge in [-0.2, -0.15) is 0 Å². The van der Waals surface area contributed by atoms with Gasteiger partial charge in [-0.05, 0) is 6.07 Å². The summed E-state index contributed by atoms with van der Waals surface area (Å²) in [6.07, 6.45) is 2.31. The molecule has 7 heteroatoms. The molecule has 0 aliphatic heterocycles. The molecular formula is C12H15N3O3S. The highest BCUT2D eigenvalue weighted by Crippen LogP contribution is 2.32. The molecule has 2 aromatic rings. The first-order chi connectivity index (χ1) is 9.06. The van der Waals surface area contributed by atoms with Crippen molar-refractivity contribution in [2.45, 2.75) is 26.3 Å². The summed E-state index contributed by atoms with van der Waals surface area (Å²) in [5, 5.41) is 14.0. The predicted molar refractivity (Wildman–Crippen MR) is 73.3 cm³/mol. The molecule has 0 amide bonds. The highest BCUT2D eigenvalue weighted by atomic mass is 32.1. The van der Waals surface area contributed by atoms with Crippen molar-refractivity contribution in [1.29, 1.82) is 0 Å². The fraction of sp³-hybridized carbons (Fsp3) is 0.417. The zero-order chi connectivity index (χ0) is 13.8. The van der Waals surface area contributed by atoms with E-state index in [2.05, 4.69) is 24.1 Å². The Bertz CT molecular complexity index is 562. The van der Waals surface area contributed by atoms with Crippen LogP contribution in [0.15, 0.2) is 22.7 Å². The average molecular weight is 281 g/mol. The van der Waals surface area contributed by atoms with Gasteiger partial charge in [-0.3, -0.25) is 10.1 Å². The molecule has 0 atom stereocenters. The molecular weight excluding hydrogens is 266 g/mol. The van der Waals surface area contributed by atoms with Crippen LogP contribution in [0.4, 0.5) is 5.00 Å². The summed E-state index contributed by atoms with van der Waals surface area (Å²) in [4.78, 5) is 15.1. The van der Waals surface area contributed by atoms with Crippen LogP contribution in [0, 0.1) is 10.1 Å². The first-order valence-corrected chi connectivity index (χ1v) is 6.80. The van der Waals surface area contributed by atoms with E-state index in [1.165, 1.54) is 6.07 Å². The van der Waals surface area contributed by atoms with Gasteiger partial charge in [0.25, 0.3) is 0 Å². The Kier molecular flexibility index (Phi) is 4.28. The van der Waals surface area contributed by atoms with Crippen molar-refractivity contribution < 1.29 is 9.34 Å². The minimum Gasteiger partial charge on any atom is -0.440 e. The maximum atomic E-state index is 10.6. The Morgan fingerprint density at radius 1 is 1.53 bits per heavy atom. The van der Waals surface area contributed by atoms with E-state index in [1.54, 1.807) is 12.3 Å². The van der Waals surface area contributed by atoms with E-state index in [9.17, 15) is 10.1 Å². The molecule has 2 heterocycles. The summed E-state index contributed by atoms with van der Waals surface area (Å²) >= 11 is 1.09. The number of aromatic nitrogens is 1. The SMILES string of the molecule is CC(C)NCCc1ncc(-c2ccc([N+](=O)[O-])s2)o1. The zero-order valence-electron chi connectivity index (χ0n) is 10.8. The summed E-state index contributed by atoms with van der Waals surface area (Å²) in [5.74, 6) is 1.22. The third kappa shape index (κ3) is 3.62. The third-order valence-corrected chi connectivity index (χ3v) is 3.51. The molecule has 0 fully saturated rings. The standard InChI is InChI=1S/C12H15N3O3S/c1-8(2)13-6-5-11-14-7-9(18-11)10-3-4-12(19-10)15(16)17/h3-4,7-8,13H,5-6H2,1-2H3. The smallest absolute Gasteiger partial charge is 0.324 e. The number of nitrogens with zero attached hydrogens (tertiary/aromatic N) is 2. The highest BCUT2D eigenvalue weighted by Gasteiger charge is 2.14. The van der Waals surface area contributed by atoms with Crippen LogP contribution < -0.4 is 5.32 Å². The topological polar surface area (TPSA) is 81.2 Å². The van der Waals surface area contributed by atoms with Gasteiger partial charge in [0.15, 0.2) is 11.7 Å². The van der Waals surface area contributed by atoms with Crippen LogP contribution in [0.5, 0.6) is 0 Å². The summed E-state index contributed by atoms with van der Waals surface area (Å²) in [6, 6.07) is 3.58. The lowest BCUT2D eigenvalue weighted by molar-refractivity contribution is -0.380.